The molecule has 0 radical (unpaired) electrons. The molecule has 4 heteroatoms. The van der Waals surface area contributed by atoms with Crippen molar-refractivity contribution in [1.82, 2.24) is 4.90 Å². The molecule has 0 aromatic heterocycles. The lowest BCUT2D eigenvalue weighted by Gasteiger charge is -2.13. The molecule has 0 unspecified atom stereocenters. The monoisotopic (exact) mass is 215 g/mol. The van der Waals surface area contributed by atoms with Crippen LogP contribution < -0.4 is 0 Å². The second-order valence-corrected chi connectivity index (χ2v) is 4.28. The summed E-state index contributed by atoms with van der Waals surface area (Å²) in [7, 11) is 1.76. The second kappa shape index (κ2) is 6.65. The molecule has 0 aromatic carbocycles. The molecule has 80 valence electrons. The van der Waals surface area contributed by atoms with Gasteiger partial charge in [0, 0.05) is 26.3 Å². The van der Waals surface area contributed by atoms with Gasteiger partial charge in [-0.2, -0.15) is 0 Å². The van der Waals surface area contributed by atoms with Crippen molar-refractivity contribution in [1.29, 1.82) is 0 Å². The minimum absolute atomic E-state index is 0.0375. The molecular weight excluding hydrogens is 198 g/mol. The number of nitrogens with zero attached hydrogens (tertiary/aromatic N) is 1. The van der Waals surface area contributed by atoms with E-state index in [9.17, 15) is 9.59 Å². The smallest absolute Gasteiger partial charge is 0.219 e. The van der Waals surface area contributed by atoms with Crippen LogP contribution in [0.2, 0.25) is 0 Å². The van der Waals surface area contributed by atoms with Crippen molar-refractivity contribution in [2.75, 3.05) is 19.3 Å². The van der Waals surface area contributed by atoms with Crippen molar-refractivity contribution in [2.24, 2.45) is 0 Å². The van der Waals surface area contributed by atoms with Crippen LogP contribution in [0, 0.1) is 0 Å². The lowest BCUT2D eigenvalue weighted by molar-refractivity contribution is -0.127. The van der Waals surface area contributed by atoms with Crippen LogP contribution in [-0.2, 0) is 9.59 Å². The quantitative estimate of drug-likeness (QED) is 0.517. The van der Waals surface area contributed by atoms with Crippen molar-refractivity contribution in [3.63, 3.8) is 0 Å². The molecule has 0 spiro atoms. The Kier molecular flexibility index (Phi) is 6.28. The predicted molar refractivity (Wildman–Crippen MR) is 60.2 cm³/mol. The second-order valence-electron chi connectivity index (χ2n) is 3.21. The van der Waals surface area contributed by atoms with E-state index in [0.29, 0.717) is 12.1 Å². The van der Waals surface area contributed by atoms with Crippen molar-refractivity contribution in [3.05, 3.63) is 12.2 Å². The maximum atomic E-state index is 11.1. The fourth-order valence-electron chi connectivity index (χ4n) is 0.747. The summed E-state index contributed by atoms with van der Waals surface area (Å²) in [5.41, 5.74) is 0.579. The molecule has 0 aliphatic rings. The first-order chi connectivity index (χ1) is 6.45. The highest BCUT2D eigenvalue weighted by Gasteiger charge is 2.04. The van der Waals surface area contributed by atoms with E-state index in [1.54, 1.807) is 18.9 Å². The van der Waals surface area contributed by atoms with Gasteiger partial charge in [0.05, 0.1) is 0 Å². The Morgan fingerprint density at radius 2 is 1.93 bits per heavy atom. The number of amides is 1. The van der Waals surface area contributed by atoms with Crippen molar-refractivity contribution in [3.8, 4) is 0 Å². The molecule has 0 atom stereocenters. The Bertz CT molecular complexity index is 238. The van der Waals surface area contributed by atoms with Crippen LogP contribution >= 0.6 is 11.8 Å². The van der Waals surface area contributed by atoms with E-state index >= 15 is 0 Å². The molecule has 0 saturated carbocycles. The molecular formula is C10H17NO2S. The zero-order valence-corrected chi connectivity index (χ0v) is 9.82. The van der Waals surface area contributed by atoms with Gasteiger partial charge >= 0.3 is 0 Å². The number of hydrogen-bond donors (Lipinski definition) is 0. The Morgan fingerprint density at radius 1 is 1.36 bits per heavy atom. The average molecular weight is 215 g/mol. The highest BCUT2D eigenvalue weighted by molar-refractivity contribution is 8.14. The summed E-state index contributed by atoms with van der Waals surface area (Å²) in [5.74, 6) is 0.796. The molecule has 0 bridgehead atoms. The van der Waals surface area contributed by atoms with Crippen LogP contribution in [0.5, 0.6) is 0 Å². The van der Waals surface area contributed by atoms with E-state index in [4.69, 9.17) is 0 Å². The van der Waals surface area contributed by atoms with Crippen LogP contribution in [0.3, 0.4) is 0 Å². The first-order valence-corrected chi connectivity index (χ1v) is 5.48. The van der Waals surface area contributed by atoms with Crippen molar-refractivity contribution < 1.29 is 9.59 Å². The minimum atomic E-state index is 0.0375. The molecule has 0 rings (SSSR count). The number of thioether (sulfide) groups is 1. The number of carbonyl (C=O) groups is 2. The van der Waals surface area contributed by atoms with Gasteiger partial charge in [0.15, 0.2) is 0 Å². The lowest BCUT2D eigenvalue weighted by Crippen LogP contribution is -2.25. The molecule has 0 saturated heterocycles. The van der Waals surface area contributed by atoms with Crippen LogP contribution in [0.1, 0.15) is 20.3 Å². The van der Waals surface area contributed by atoms with E-state index in [2.05, 4.69) is 6.58 Å². The van der Waals surface area contributed by atoms with E-state index in [-0.39, 0.29) is 11.0 Å². The molecule has 14 heavy (non-hydrogen) atoms. The van der Waals surface area contributed by atoms with Gasteiger partial charge in [0.2, 0.25) is 11.0 Å². The van der Waals surface area contributed by atoms with Crippen LogP contribution in [0.25, 0.3) is 0 Å². The topological polar surface area (TPSA) is 37.4 Å². The fourth-order valence-corrected chi connectivity index (χ4v) is 1.45. The molecule has 0 heterocycles. The summed E-state index contributed by atoms with van der Waals surface area (Å²) >= 11 is 1.26. The molecule has 0 aliphatic heterocycles. The van der Waals surface area contributed by atoms with Crippen molar-refractivity contribution >= 4 is 22.8 Å². The van der Waals surface area contributed by atoms with E-state index in [1.807, 2.05) is 0 Å². The van der Waals surface area contributed by atoms with Crippen LogP contribution in [0.4, 0.5) is 0 Å². The average Bonchev–Trinajstić information content (AvgIpc) is 2.11. The molecule has 0 aromatic rings. The fraction of sp³-hybridized carbons (Fsp3) is 0.600. The first kappa shape index (κ1) is 13.2. The Labute approximate surface area is 89.5 Å². The molecule has 3 nitrogen and oxygen atoms in total. The largest absolute Gasteiger partial charge is 0.346 e. The third-order valence-corrected chi connectivity index (χ3v) is 2.86. The van der Waals surface area contributed by atoms with Gasteiger partial charge in [-0.3, -0.25) is 9.59 Å². The summed E-state index contributed by atoms with van der Waals surface area (Å²) in [6.45, 7) is 7.50. The van der Waals surface area contributed by atoms with Gasteiger partial charge in [-0.25, -0.2) is 0 Å². The Morgan fingerprint density at radius 3 is 2.36 bits per heavy atom. The normalized spacial score (nSPS) is 9.64. The summed E-state index contributed by atoms with van der Waals surface area (Å²) < 4.78 is 0. The summed E-state index contributed by atoms with van der Waals surface area (Å²) in [6, 6.07) is 0. The summed E-state index contributed by atoms with van der Waals surface area (Å²) in [6.07, 6.45) is 0.833. The lowest BCUT2D eigenvalue weighted by atomic mass is 10.4. The SMILES string of the molecule is C=C(C)C(=O)SCCCN(C)C(C)=O. The Balaban J connectivity index is 3.52. The molecule has 0 N–H and O–H groups in total. The first-order valence-electron chi connectivity index (χ1n) is 4.49. The zero-order chi connectivity index (χ0) is 11.1. The van der Waals surface area contributed by atoms with E-state index < -0.39 is 0 Å². The number of hydrogen-bond acceptors (Lipinski definition) is 3. The Hall–Kier alpha value is -0.770. The maximum absolute atomic E-state index is 11.1. The van der Waals surface area contributed by atoms with Gasteiger partial charge in [-0.1, -0.05) is 18.3 Å². The summed E-state index contributed by atoms with van der Waals surface area (Å²) in [5, 5.41) is 0.0375. The summed E-state index contributed by atoms with van der Waals surface area (Å²) in [4.78, 5) is 23.6. The van der Waals surface area contributed by atoms with Gasteiger partial charge in [0.25, 0.3) is 0 Å². The van der Waals surface area contributed by atoms with Gasteiger partial charge in [0.1, 0.15) is 0 Å². The highest BCUT2D eigenvalue weighted by atomic mass is 32.2. The number of carbonyl (C=O) groups excluding carboxylic acids is 2. The standard InChI is InChI=1S/C10H17NO2S/c1-8(2)10(13)14-7-5-6-11(4)9(3)12/h1,5-7H2,2-4H3. The molecule has 1 amide bonds. The van der Waals surface area contributed by atoms with Crippen LogP contribution in [0.15, 0.2) is 12.2 Å². The van der Waals surface area contributed by atoms with Gasteiger partial charge in [-0.15, -0.1) is 0 Å². The third kappa shape index (κ3) is 5.80. The van der Waals surface area contributed by atoms with Crippen LogP contribution in [-0.4, -0.2) is 35.3 Å². The van der Waals surface area contributed by atoms with Gasteiger partial charge < -0.3 is 4.90 Å². The third-order valence-electron chi connectivity index (χ3n) is 1.76. The van der Waals surface area contributed by atoms with Crippen molar-refractivity contribution in [2.45, 2.75) is 20.3 Å². The number of rotatable bonds is 5. The zero-order valence-electron chi connectivity index (χ0n) is 9.00. The maximum Gasteiger partial charge on any atom is 0.219 e. The van der Waals surface area contributed by atoms with E-state index in [1.165, 1.54) is 18.7 Å². The highest BCUT2D eigenvalue weighted by Crippen LogP contribution is 2.09. The molecule has 0 aliphatic carbocycles. The van der Waals surface area contributed by atoms with E-state index in [0.717, 1.165) is 12.2 Å². The van der Waals surface area contributed by atoms with Gasteiger partial charge in [-0.05, 0) is 18.9 Å². The predicted octanol–water partition coefficient (Wildman–Crippen LogP) is 1.69. The molecule has 0 fully saturated rings. The minimum Gasteiger partial charge on any atom is -0.346 e.